The highest BCUT2D eigenvalue weighted by molar-refractivity contribution is 6.69. The maximum atomic E-state index is 7.12. The van der Waals surface area contributed by atoms with Gasteiger partial charge in [-0.1, -0.05) is 48.5 Å². The van der Waals surface area contributed by atoms with Crippen LogP contribution in [0, 0.1) is 13.8 Å². The van der Waals surface area contributed by atoms with Gasteiger partial charge >= 0.3 is 0 Å². The van der Waals surface area contributed by atoms with Crippen LogP contribution in [0.25, 0.3) is 0 Å². The molecule has 2 nitrogen and oxygen atoms in total. The molecule has 1 heterocycles. The summed E-state index contributed by atoms with van der Waals surface area (Å²) >= 11 is 0. The van der Waals surface area contributed by atoms with Crippen LogP contribution in [0.4, 0.5) is 0 Å². The Morgan fingerprint density at radius 1 is 0.920 bits per heavy atom. The smallest absolute Gasteiger partial charge is 0.185 e. The second-order valence-corrected chi connectivity index (χ2v) is 12.7. The summed E-state index contributed by atoms with van der Waals surface area (Å²) in [5.41, 5.74) is 4.81. The molecule has 0 radical (unpaired) electrons. The number of rotatable bonds is 5. The molecule has 0 saturated carbocycles. The van der Waals surface area contributed by atoms with E-state index in [2.05, 4.69) is 87.3 Å². The molecule has 0 bridgehead atoms. The van der Waals surface area contributed by atoms with Crippen LogP contribution in [0.5, 0.6) is 0 Å². The van der Waals surface area contributed by atoms with Gasteiger partial charge in [0.15, 0.2) is 8.32 Å². The van der Waals surface area contributed by atoms with Crippen molar-refractivity contribution in [3.05, 3.63) is 70.8 Å². The van der Waals surface area contributed by atoms with Crippen molar-refractivity contribution in [1.29, 1.82) is 0 Å². The van der Waals surface area contributed by atoms with Gasteiger partial charge in [0, 0.05) is 6.04 Å². The third-order valence-electron chi connectivity index (χ3n) is 5.11. The van der Waals surface area contributed by atoms with Crippen LogP contribution in [0.3, 0.4) is 0 Å². The molecule has 0 amide bonds. The zero-order chi connectivity index (χ0) is 18.1. The quantitative estimate of drug-likeness (QED) is 0.751. The lowest BCUT2D eigenvalue weighted by molar-refractivity contribution is 0.0627. The van der Waals surface area contributed by atoms with Gasteiger partial charge in [0.05, 0.1) is 0 Å². The van der Waals surface area contributed by atoms with Gasteiger partial charge in [-0.25, -0.2) is 0 Å². The van der Waals surface area contributed by atoms with Gasteiger partial charge in [-0.2, -0.15) is 0 Å². The van der Waals surface area contributed by atoms with E-state index in [1.54, 1.807) is 0 Å². The van der Waals surface area contributed by atoms with E-state index in [0.717, 1.165) is 13.0 Å². The van der Waals surface area contributed by atoms with Gasteiger partial charge < -0.3 is 9.74 Å². The topological polar surface area (TPSA) is 21.3 Å². The van der Waals surface area contributed by atoms with E-state index in [-0.39, 0.29) is 0 Å². The fraction of sp³-hybridized carbons (Fsp3) is 0.455. The molecule has 2 aromatic carbocycles. The van der Waals surface area contributed by atoms with E-state index in [0.29, 0.717) is 6.04 Å². The minimum Gasteiger partial charge on any atom is -0.403 e. The van der Waals surface area contributed by atoms with Crippen molar-refractivity contribution in [2.75, 3.05) is 6.54 Å². The molecular formula is C22H31NOSi. The standard InChI is InChI=1S/C22H31NOSi/c1-17-11-6-8-13-19(17)22(24-25(3,4)5,21-15-10-16-23-21)20-14-9-7-12-18(20)2/h6-9,11-14,21,23H,10,15-16H2,1-5H3. The Bertz CT molecular complexity index is 683. The van der Waals surface area contributed by atoms with Crippen LogP contribution < -0.4 is 5.32 Å². The molecule has 1 atom stereocenters. The van der Waals surface area contributed by atoms with E-state index in [1.807, 2.05) is 0 Å². The lowest BCUT2D eigenvalue weighted by Crippen LogP contribution is -2.53. The van der Waals surface area contributed by atoms with Crippen LogP contribution in [-0.2, 0) is 10.0 Å². The fourth-order valence-corrected chi connectivity index (χ4v) is 5.52. The number of hydrogen-bond acceptors (Lipinski definition) is 2. The van der Waals surface area contributed by atoms with E-state index >= 15 is 0 Å². The Morgan fingerprint density at radius 3 is 1.84 bits per heavy atom. The SMILES string of the molecule is Cc1ccccc1C(O[Si](C)(C)C)(c1ccccc1C)C1CCCN1. The Labute approximate surface area is 153 Å². The van der Waals surface area contributed by atoms with Gasteiger partial charge in [0.25, 0.3) is 0 Å². The number of nitrogens with one attached hydrogen (secondary N) is 1. The highest BCUT2D eigenvalue weighted by atomic mass is 28.4. The summed E-state index contributed by atoms with van der Waals surface area (Å²) in [5, 5.41) is 3.77. The zero-order valence-electron chi connectivity index (χ0n) is 16.2. The molecule has 1 aliphatic rings. The van der Waals surface area contributed by atoms with Crippen LogP contribution >= 0.6 is 0 Å². The molecule has 1 fully saturated rings. The van der Waals surface area contributed by atoms with Gasteiger partial charge in [0.1, 0.15) is 5.60 Å². The predicted octanol–water partition coefficient (Wildman–Crippen LogP) is 5.15. The molecule has 3 rings (SSSR count). The Kier molecular flexibility index (Phi) is 5.19. The number of aryl methyl sites for hydroxylation is 2. The fourth-order valence-electron chi connectivity index (χ4n) is 4.20. The monoisotopic (exact) mass is 353 g/mol. The molecule has 1 aliphatic heterocycles. The summed E-state index contributed by atoms with van der Waals surface area (Å²) in [5.74, 6) is 0. The first-order valence-corrected chi connectivity index (χ1v) is 12.8. The first kappa shape index (κ1) is 18.4. The molecule has 3 heteroatoms. The summed E-state index contributed by atoms with van der Waals surface area (Å²) in [4.78, 5) is 0. The zero-order valence-corrected chi connectivity index (χ0v) is 17.2. The lowest BCUT2D eigenvalue weighted by atomic mass is 9.76. The average molecular weight is 354 g/mol. The molecule has 0 spiro atoms. The van der Waals surface area contributed by atoms with Crippen LogP contribution in [0.15, 0.2) is 48.5 Å². The Balaban J connectivity index is 2.31. The molecule has 0 aromatic heterocycles. The van der Waals surface area contributed by atoms with E-state index in [9.17, 15) is 0 Å². The first-order valence-electron chi connectivity index (χ1n) is 9.40. The molecular weight excluding hydrogens is 322 g/mol. The first-order chi connectivity index (χ1) is 11.8. The second-order valence-electron chi connectivity index (χ2n) is 8.23. The van der Waals surface area contributed by atoms with Crippen molar-refractivity contribution < 1.29 is 4.43 Å². The Hall–Kier alpha value is -1.42. The van der Waals surface area contributed by atoms with Crippen molar-refractivity contribution in [1.82, 2.24) is 5.32 Å². The molecule has 1 N–H and O–H groups in total. The molecule has 1 saturated heterocycles. The van der Waals surface area contributed by atoms with Crippen molar-refractivity contribution in [2.24, 2.45) is 0 Å². The summed E-state index contributed by atoms with van der Waals surface area (Å²) in [6.45, 7) is 12.4. The summed E-state index contributed by atoms with van der Waals surface area (Å²) in [7, 11) is -1.81. The van der Waals surface area contributed by atoms with Crippen molar-refractivity contribution in [3.8, 4) is 0 Å². The van der Waals surface area contributed by atoms with E-state index < -0.39 is 13.9 Å². The third-order valence-corrected chi connectivity index (χ3v) is 6.04. The molecule has 0 aliphatic carbocycles. The average Bonchev–Trinajstić information content (AvgIpc) is 3.08. The van der Waals surface area contributed by atoms with Crippen LogP contribution in [0.2, 0.25) is 19.6 Å². The van der Waals surface area contributed by atoms with Crippen LogP contribution in [0.1, 0.15) is 35.1 Å². The Morgan fingerprint density at radius 2 is 1.44 bits per heavy atom. The summed E-state index contributed by atoms with van der Waals surface area (Å²) < 4.78 is 7.12. The maximum Gasteiger partial charge on any atom is 0.185 e. The van der Waals surface area contributed by atoms with Gasteiger partial charge in [-0.05, 0) is 75.1 Å². The van der Waals surface area contributed by atoms with E-state index in [4.69, 9.17) is 4.43 Å². The molecule has 2 aromatic rings. The second kappa shape index (κ2) is 7.06. The summed E-state index contributed by atoms with van der Waals surface area (Å²) in [6, 6.07) is 17.8. The molecule has 134 valence electrons. The van der Waals surface area contributed by atoms with Gasteiger partial charge in [0.2, 0.25) is 0 Å². The van der Waals surface area contributed by atoms with Gasteiger partial charge in [-0.3, -0.25) is 0 Å². The van der Waals surface area contributed by atoms with Crippen molar-refractivity contribution in [3.63, 3.8) is 0 Å². The minimum atomic E-state index is -1.81. The van der Waals surface area contributed by atoms with Crippen molar-refractivity contribution in [2.45, 2.75) is 58.0 Å². The third kappa shape index (κ3) is 3.59. The summed E-state index contributed by atoms with van der Waals surface area (Å²) in [6.07, 6.45) is 2.35. The molecule has 25 heavy (non-hydrogen) atoms. The molecule has 1 unspecified atom stereocenters. The number of benzene rings is 2. The maximum absolute atomic E-state index is 7.12. The number of hydrogen-bond donors (Lipinski definition) is 1. The highest BCUT2D eigenvalue weighted by Gasteiger charge is 2.48. The van der Waals surface area contributed by atoms with E-state index in [1.165, 1.54) is 28.7 Å². The van der Waals surface area contributed by atoms with Gasteiger partial charge in [-0.15, -0.1) is 0 Å². The normalized spacial score (nSPS) is 18.5. The predicted molar refractivity (Wildman–Crippen MR) is 109 cm³/mol. The van der Waals surface area contributed by atoms with Crippen LogP contribution in [-0.4, -0.2) is 20.9 Å². The van der Waals surface area contributed by atoms with Crippen molar-refractivity contribution >= 4 is 8.32 Å². The highest BCUT2D eigenvalue weighted by Crippen LogP contribution is 2.44. The minimum absolute atomic E-state index is 0.307. The largest absolute Gasteiger partial charge is 0.403 e. The lowest BCUT2D eigenvalue weighted by Gasteiger charge is -2.46.